The summed E-state index contributed by atoms with van der Waals surface area (Å²) >= 11 is 0. The molecule has 1 atom stereocenters. The Morgan fingerprint density at radius 1 is 1.00 bits per heavy atom. The van der Waals surface area contributed by atoms with Gasteiger partial charge >= 0.3 is 21.7 Å². The van der Waals surface area contributed by atoms with E-state index in [1.54, 1.807) is 11.1 Å². The van der Waals surface area contributed by atoms with E-state index in [1.165, 1.54) is 37.7 Å². The molecule has 0 bridgehead atoms. The Morgan fingerprint density at radius 3 is 1.95 bits per heavy atom. The fraction of sp³-hybridized carbons (Fsp3) is 0.733. The van der Waals surface area contributed by atoms with Gasteiger partial charge in [0.25, 0.3) is 0 Å². The van der Waals surface area contributed by atoms with Crippen LogP contribution >= 0.6 is 0 Å². The molecule has 0 radical (unpaired) electrons. The van der Waals surface area contributed by atoms with Gasteiger partial charge in [-0.2, -0.15) is 32.5 Å². The second kappa shape index (κ2) is 16.1. The maximum atomic E-state index is 8.25. The van der Waals surface area contributed by atoms with E-state index in [0.717, 1.165) is 21.3 Å². The Kier molecular flexibility index (Phi) is 20.5. The van der Waals surface area contributed by atoms with Gasteiger partial charge < -0.3 is 15.3 Å². The molecule has 2 rings (SSSR count). The fourth-order valence-electron chi connectivity index (χ4n) is 2.53. The third kappa shape index (κ3) is 7.43. The predicted octanol–water partition coefficient (Wildman–Crippen LogP) is 0.573. The predicted molar refractivity (Wildman–Crippen MR) is 69.5 cm³/mol. The molecule has 0 spiro atoms. The molecule has 0 aliphatic heterocycles. The van der Waals surface area contributed by atoms with Crippen LogP contribution in [0.2, 0.25) is 0 Å². The van der Waals surface area contributed by atoms with Crippen LogP contribution in [0.3, 0.4) is 0 Å². The summed E-state index contributed by atoms with van der Waals surface area (Å²) in [6.07, 6.45) is 10.3. The first-order chi connectivity index (χ1) is 8.83. The zero-order valence-electron chi connectivity index (χ0n) is 12.8. The normalized spacial score (nSPS) is 19.2. The molecule has 0 saturated carbocycles. The molecule has 3 nitrogen and oxygen atoms in total. The van der Waals surface area contributed by atoms with E-state index in [-0.39, 0.29) is 21.7 Å². The summed E-state index contributed by atoms with van der Waals surface area (Å²) in [6.45, 7) is 4.51. The molecule has 0 heterocycles. The molecule has 0 aromatic heterocycles. The maximum Gasteiger partial charge on any atom is 4.00 e. The van der Waals surface area contributed by atoms with Gasteiger partial charge in [0, 0.05) is 0 Å². The van der Waals surface area contributed by atoms with Gasteiger partial charge in [0.1, 0.15) is 0 Å². The van der Waals surface area contributed by atoms with Crippen LogP contribution < -0.4 is 15.3 Å². The molecule has 0 aromatic carbocycles. The quantitative estimate of drug-likeness (QED) is 0.525. The Labute approximate surface area is 133 Å². The third-order valence-corrected chi connectivity index (χ3v) is 3.18. The van der Waals surface area contributed by atoms with Crippen molar-refractivity contribution in [3.8, 4) is 0 Å². The van der Waals surface area contributed by atoms with E-state index >= 15 is 0 Å². The van der Waals surface area contributed by atoms with Crippen LogP contribution in [-0.2, 0) is 21.7 Å². The van der Waals surface area contributed by atoms with Crippen LogP contribution in [0, 0.1) is 12.0 Å². The molecule has 2 aliphatic rings. The van der Waals surface area contributed by atoms with Crippen molar-refractivity contribution in [3.63, 3.8) is 0 Å². The minimum atomic E-state index is 0. The van der Waals surface area contributed by atoms with Crippen LogP contribution in [-0.4, -0.2) is 21.3 Å². The number of hydrogen-bond acceptors (Lipinski definition) is 3. The zero-order valence-corrected chi connectivity index (χ0v) is 14.4. The maximum absolute atomic E-state index is 8.25. The van der Waals surface area contributed by atoms with Gasteiger partial charge in [0.2, 0.25) is 0 Å². The minimum absolute atomic E-state index is 0. The van der Waals surface area contributed by atoms with Crippen molar-refractivity contribution in [1.29, 1.82) is 0 Å². The van der Waals surface area contributed by atoms with Crippen LogP contribution in [0.5, 0.6) is 0 Å². The molecular formula is C15H26O3Ti. The smallest absolute Gasteiger partial charge is 0.857 e. The van der Waals surface area contributed by atoms with Crippen LogP contribution in [0.15, 0.2) is 16.7 Å². The molecule has 0 fully saturated rings. The van der Waals surface area contributed by atoms with Gasteiger partial charge in [-0.3, -0.25) is 6.08 Å². The summed E-state index contributed by atoms with van der Waals surface area (Å²) in [5, 5.41) is 24.8. The summed E-state index contributed by atoms with van der Waals surface area (Å²) in [5.74, 6) is 0.681. The standard InChI is InChI=1S/C12H17.3CH3O.Ti/c1-3-10-8-9(2)11-6-4-5-7-12(10)11;3*1-2;/h10H,3-7H2,1-2H3;3*1H3;/q4*-1;+4. The Morgan fingerprint density at radius 2 is 1.47 bits per heavy atom. The van der Waals surface area contributed by atoms with Gasteiger partial charge in [-0.05, 0) is 6.42 Å². The average Bonchev–Trinajstić information content (AvgIpc) is 2.82. The second-order valence-corrected chi connectivity index (χ2v) is 3.94. The largest absolute Gasteiger partial charge is 4.00 e. The van der Waals surface area contributed by atoms with Gasteiger partial charge in [-0.25, -0.2) is 5.57 Å². The SMILES string of the molecule is CCC1[C-]=C(C)C2=C1CCCC2.C[O-].C[O-].C[O-].[Ti+4]. The molecule has 1 unspecified atom stereocenters. The van der Waals surface area contributed by atoms with E-state index < -0.39 is 0 Å². The van der Waals surface area contributed by atoms with Crippen molar-refractivity contribution in [2.45, 2.75) is 46.0 Å². The number of allylic oxidation sites excluding steroid dienone is 4. The van der Waals surface area contributed by atoms with Crippen LogP contribution in [0.4, 0.5) is 0 Å². The Balaban J connectivity index is -0.000000325. The summed E-state index contributed by atoms with van der Waals surface area (Å²) in [4.78, 5) is 0. The molecule has 0 amide bonds. The summed E-state index contributed by atoms with van der Waals surface area (Å²) in [7, 11) is 2.25. The summed E-state index contributed by atoms with van der Waals surface area (Å²) < 4.78 is 0. The van der Waals surface area contributed by atoms with E-state index in [2.05, 4.69) is 19.9 Å². The van der Waals surface area contributed by atoms with E-state index in [1.807, 2.05) is 0 Å². The van der Waals surface area contributed by atoms with Crippen molar-refractivity contribution < 1.29 is 37.0 Å². The first-order valence-corrected chi connectivity index (χ1v) is 6.37. The molecular weight excluding hydrogens is 276 g/mol. The van der Waals surface area contributed by atoms with Crippen molar-refractivity contribution in [2.75, 3.05) is 21.3 Å². The fourth-order valence-corrected chi connectivity index (χ4v) is 2.53. The Bertz CT molecular complexity index is 260. The van der Waals surface area contributed by atoms with E-state index in [9.17, 15) is 0 Å². The van der Waals surface area contributed by atoms with Crippen molar-refractivity contribution in [2.24, 2.45) is 5.92 Å². The molecule has 0 saturated heterocycles. The summed E-state index contributed by atoms with van der Waals surface area (Å²) in [5.41, 5.74) is 4.84. The number of hydrogen-bond donors (Lipinski definition) is 0. The first-order valence-electron chi connectivity index (χ1n) is 6.37. The van der Waals surface area contributed by atoms with Crippen molar-refractivity contribution in [1.82, 2.24) is 0 Å². The van der Waals surface area contributed by atoms with Crippen LogP contribution in [0.1, 0.15) is 46.0 Å². The van der Waals surface area contributed by atoms with Gasteiger partial charge in [-0.1, -0.05) is 45.4 Å². The van der Waals surface area contributed by atoms with E-state index in [0.29, 0.717) is 5.92 Å². The number of rotatable bonds is 1. The topological polar surface area (TPSA) is 69.2 Å². The monoisotopic (exact) mass is 302 g/mol. The third-order valence-electron chi connectivity index (χ3n) is 3.18. The van der Waals surface area contributed by atoms with E-state index in [4.69, 9.17) is 15.3 Å². The van der Waals surface area contributed by atoms with Crippen molar-refractivity contribution >= 4 is 0 Å². The molecule has 2 aliphatic carbocycles. The first kappa shape index (κ1) is 24.1. The molecule has 0 N–H and O–H groups in total. The summed E-state index contributed by atoms with van der Waals surface area (Å²) in [6, 6.07) is 0. The molecule has 19 heavy (non-hydrogen) atoms. The molecule has 4 heteroatoms. The van der Waals surface area contributed by atoms with Gasteiger partial charge in [0.05, 0.1) is 0 Å². The second-order valence-electron chi connectivity index (χ2n) is 3.94. The molecule has 108 valence electrons. The van der Waals surface area contributed by atoms with Crippen LogP contribution in [0.25, 0.3) is 0 Å². The zero-order chi connectivity index (χ0) is 14.6. The van der Waals surface area contributed by atoms with Gasteiger partial charge in [-0.15, -0.1) is 0 Å². The van der Waals surface area contributed by atoms with Crippen molar-refractivity contribution in [3.05, 3.63) is 22.8 Å². The average molecular weight is 302 g/mol. The Hall–Kier alpha value is 0.0743. The minimum Gasteiger partial charge on any atom is -0.857 e. The van der Waals surface area contributed by atoms with Gasteiger partial charge in [0.15, 0.2) is 0 Å². The molecule has 0 aromatic rings.